The van der Waals surface area contributed by atoms with E-state index in [0.717, 1.165) is 25.0 Å². The minimum Gasteiger partial charge on any atom is -0.313 e. The number of hydrogen-bond donors (Lipinski definition) is 2. The number of rotatable bonds is 7. The van der Waals surface area contributed by atoms with Crippen LogP contribution in [0.5, 0.6) is 0 Å². The summed E-state index contributed by atoms with van der Waals surface area (Å²) in [7, 11) is -3.93. The van der Waals surface area contributed by atoms with Crippen molar-refractivity contribution in [2.75, 3.05) is 13.1 Å². The molecule has 0 aromatic heterocycles. The zero-order valence-corrected chi connectivity index (χ0v) is 12.1. The molecule has 4 nitrogen and oxygen atoms in total. The quantitative estimate of drug-likeness (QED) is 0.807. The number of sulfonamides is 1. The van der Waals surface area contributed by atoms with Gasteiger partial charge in [0.2, 0.25) is 10.0 Å². The van der Waals surface area contributed by atoms with Crippen LogP contribution in [0.1, 0.15) is 25.3 Å². The van der Waals surface area contributed by atoms with E-state index in [1.54, 1.807) is 6.92 Å². The van der Waals surface area contributed by atoms with Crippen molar-refractivity contribution in [3.63, 3.8) is 0 Å². The Morgan fingerprint density at radius 3 is 2.60 bits per heavy atom. The van der Waals surface area contributed by atoms with Crippen LogP contribution in [0.4, 0.5) is 8.78 Å². The lowest BCUT2D eigenvalue weighted by Gasteiger charge is -2.11. The summed E-state index contributed by atoms with van der Waals surface area (Å²) in [5, 5.41) is 2.79. The third-order valence-corrected chi connectivity index (χ3v) is 4.69. The van der Waals surface area contributed by atoms with Crippen molar-refractivity contribution in [1.82, 2.24) is 10.0 Å². The van der Waals surface area contributed by atoms with Gasteiger partial charge in [-0.05, 0) is 37.4 Å². The highest BCUT2D eigenvalue weighted by molar-refractivity contribution is 7.89. The van der Waals surface area contributed by atoms with Gasteiger partial charge in [-0.1, -0.05) is 6.92 Å². The normalized spacial score (nSPS) is 15.6. The van der Waals surface area contributed by atoms with Crippen molar-refractivity contribution in [2.45, 2.75) is 31.2 Å². The van der Waals surface area contributed by atoms with Gasteiger partial charge in [0, 0.05) is 18.7 Å². The molecular formula is C13H18F2N2O2S. The second kappa shape index (κ2) is 6.15. The van der Waals surface area contributed by atoms with Crippen molar-refractivity contribution >= 4 is 10.0 Å². The first kappa shape index (κ1) is 15.3. The molecule has 2 N–H and O–H groups in total. The van der Waals surface area contributed by atoms with Crippen LogP contribution in [-0.2, 0) is 16.6 Å². The van der Waals surface area contributed by atoms with E-state index >= 15 is 0 Å². The molecule has 0 unspecified atom stereocenters. The van der Waals surface area contributed by atoms with E-state index in [4.69, 9.17) is 0 Å². The average Bonchev–Trinajstić information content (AvgIpc) is 3.20. The Bertz CT molecular complexity index is 586. The van der Waals surface area contributed by atoms with Gasteiger partial charge >= 0.3 is 0 Å². The first-order valence-electron chi connectivity index (χ1n) is 6.63. The molecule has 1 fully saturated rings. The molecule has 1 aliphatic carbocycles. The third-order valence-electron chi connectivity index (χ3n) is 3.25. The van der Waals surface area contributed by atoms with E-state index in [1.165, 1.54) is 0 Å². The lowest BCUT2D eigenvalue weighted by molar-refractivity contribution is 0.513. The molecule has 1 aliphatic rings. The number of hydrogen-bond acceptors (Lipinski definition) is 3. The Morgan fingerprint density at radius 2 is 2.00 bits per heavy atom. The Labute approximate surface area is 117 Å². The van der Waals surface area contributed by atoms with Crippen molar-refractivity contribution < 1.29 is 17.2 Å². The molecule has 0 radical (unpaired) electrons. The molecule has 1 saturated carbocycles. The van der Waals surface area contributed by atoms with Crippen molar-refractivity contribution in [2.24, 2.45) is 5.92 Å². The maximum atomic E-state index is 14.2. The van der Waals surface area contributed by atoms with Gasteiger partial charge in [-0.25, -0.2) is 21.9 Å². The monoisotopic (exact) mass is 304 g/mol. The van der Waals surface area contributed by atoms with E-state index in [0.29, 0.717) is 19.0 Å². The largest absolute Gasteiger partial charge is 0.313 e. The molecule has 0 heterocycles. The van der Waals surface area contributed by atoms with Crippen LogP contribution in [0.15, 0.2) is 17.0 Å². The molecule has 2 rings (SSSR count). The van der Waals surface area contributed by atoms with E-state index in [-0.39, 0.29) is 12.1 Å². The van der Waals surface area contributed by atoms with Crippen LogP contribution < -0.4 is 10.0 Å². The van der Waals surface area contributed by atoms with Crippen LogP contribution in [0, 0.1) is 17.6 Å². The molecule has 0 spiro atoms. The summed E-state index contributed by atoms with van der Waals surface area (Å²) in [6.45, 7) is 2.60. The van der Waals surface area contributed by atoms with Crippen LogP contribution in [-0.4, -0.2) is 21.5 Å². The van der Waals surface area contributed by atoms with Crippen LogP contribution >= 0.6 is 0 Å². The summed E-state index contributed by atoms with van der Waals surface area (Å²) in [5.41, 5.74) is -0.249. The van der Waals surface area contributed by atoms with Gasteiger partial charge in [-0.15, -0.1) is 0 Å². The summed E-state index contributed by atoms with van der Waals surface area (Å²) < 4.78 is 54.2. The highest BCUT2D eigenvalue weighted by atomic mass is 32.2. The predicted octanol–water partition coefficient (Wildman–Crippen LogP) is 1.76. The minimum atomic E-state index is -3.93. The second-order valence-corrected chi connectivity index (χ2v) is 6.65. The van der Waals surface area contributed by atoms with Crippen LogP contribution in [0.3, 0.4) is 0 Å². The molecule has 7 heteroatoms. The molecule has 0 atom stereocenters. The predicted molar refractivity (Wildman–Crippen MR) is 71.7 cm³/mol. The Hall–Kier alpha value is -1.05. The van der Waals surface area contributed by atoms with Crippen molar-refractivity contribution in [3.05, 3.63) is 29.3 Å². The maximum Gasteiger partial charge on any atom is 0.243 e. The zero-order valence-electron chi connectivity index (χ0n) is 11.2. The van der Waals surface area contributed by atoms with Crippen molar-refractivity contribution in [1.29, 1.82) is 0 Å². The van der Waals surface area contributed by atoms with Gasteiger partial charge in [-0.2, -0.15) is 0 Å². The van der Waals surface area contributed by atoms with Gasteiger partial charge in [-0.3, -0.25) is 0 Å². The Balaban J connectivity index is 2.25. The standard InChI is InChI=1S/C13H18F2N2O2S/c1-2-16-8-10-11(14)5-6-12(13(10)15)20(18,19)17-7-9-3-4-9/h5-6,9,16-17H,2-4,7-8H2,1H3. The second-order valence-electron chi connectivity index (χ2n) is 4.91. The summed E-state index contributed by atoms with van der Waals surface area (Å²) in [5.74, 6) is -1.42. The van der Waals surface area contributed by atoms with E-state index < -0.39 is 26.6 Å². The molecule has 0 amide bonds. The molecule has 0 bridgehead atoms. The van der Waals surface area contributed by atoms with E-state index in [9.17, 15) is 17.2 Å². The number of halogens is 2. The Kier molecular flexibility index (Phi) is 4.72. The molecule has 20 heavy (non-hydrogen) atoms. The van der Waals surface area contributed by atoms with Gasteiger partial charge in [0.1, 0.15) is 10.7 Å². The third kappa shape index (κ3) is 3.53. The average molecular weight is 304 g/mol. The number of nitrogens with one attached hydrogen (secondary N) is 2. The van der Waals surface area contributed by atoms with Gasteiger partial charge in [0.15, 0.2) is 5.82 Å². The van der Waals surface area contributed by atoms with Gasteiger partial charge in [0.25, 0.3) is 0 Å². The fraction of sp³-hybridized carbons (Fsp3) is 0.538. The Morgan fingerprint density at radius 1 is 1.30 bits per heavy atom. The highest BCUT2D eigenvalue weighted by Gasteiger charge is 2.27. The topological polar surface area (TPSA) is 58.2 Å². The summed E-state index contributed by atoms with van der Waals surface area (Å²) in [6.07, 6.45) is 1.97. The first-order chi connectivity index (χ1) is 9.45. The van der Waals surface area contributed by atoms with E-state index in [2.05, 4.69) is 10.0 Å². The van der Waals surface area contributed by atoms with Gasteiger partial charge in [0.05, 0.1) is 0 Å². The van der Waals surface area contributed by atoms with Crippen LogP contribution in [0.2, 0.25) is 0 Å². The maximum absolute atomic E-state index is 14.2. The SMILES string of the molecule is CCNCc1c(F)ccc(S(=O)(=O)NCC2CC2)c1F. The zero-order chi connectivity index (χ0) is 14.8. The minimum absolute atomic E-state index is 0.0415. The van der Waals surface area contributed by atoms with E-state index in [1.807, 2.05) is 0 Å². The summed E-state index contributed by atoms with van der Waals surface area (Å²) in [6, 6.07) is 1.96. The molecule has 0 aliphatic heterocycles. The van der Waals surface area contributed by atoms with Crippen molar-refractivity contribution in [3.8, 4) is 0 Å². The lowest BCUT2D eigenvalue weighted by Crippen LogP contribution is -2.27. The molecule has 112 valence electrons. The fourth-order valence-corrected chi connectivity index (χ4v) is 3.04. The molecule has 1 aromatic rings. The summed E-state index contributed by atoms with van der Waals surface area (Å²) >= 11 is 0. The molecule has 0 saturated heterocycles. The highest BCUT2D eigenvalue weighted by Crippen LogP contribution is 2.28. The molecule has 1 aromatic carbocycles. The van der Waals surface area contributed by atoms with Crippen LogP contribution in [0.25, 0.3) is 0 Å². The first-order valence-corrected chi connectivity index (χ1v) is 8.11. The summed E-state index contributed by atoms with van der Waals surface area (Å²) in [4.78, 5) is -0.493. The number of benzene rings is 1. The lowest BCUT2D eigenvalue weighted by atomic mass is 10.2. The molecular weight excluding hydrogens is 286 g/mol. The smallest absolute Gasteiger partial charge is 0.243 e. The fourth-order valence-electron chi connectivity index (χ4n) is 1.82. The van der Waals surface area contributed by atoms with Gasteiger partial charge < -0.3 is 5.32 Å².